The zero-order chi connectivity index (χ0) is 13.1. The van der Waals surface area contributed by atoms with Gasteiger partial charge in [-0.3, -0.25) is 0 Å². The van der Waals surface area contributed by atoms with E-state index in [1.807, 2.05) is 19.1 Å². The summed E-state index contributed by atoms with van der Waals surface area (Å²) in [7, 11) is 0. The molecule has 92 valence electrons. The summed E-state index contributed by atoms with van der Waals surface area (Å²) in [4.78, 5) is 0. The standard InChI is InChI=1S/C13H9Cl3N2/c1-8-2-3-9(6-12(8)15)17-18-10-4-5-11(14)13(16)7-10/h2-7H,1H3. The fourth-order valence-electron chi connectivity index (χ4n) is 1.31. The molecule has 0 radical (unpaired) electrons. The van der Waals surface area contributed by atoms with Crippen LogP contribution in [0, 0.1) is 6.92 Å². The molecular weight excluding hydrogens is 291 g/mol. The quantitative estimate of drug-likeness (QED) is 0.575. The number of azo groups is 1. The molecule has 0 saturated carbocycles. The maximum atomic E-state index is 6.00. The highest BCUT2D eigenvalue weighted by atomic mass is 35.5. The molecular formula is C13H9Cl3N2. The van der Waals surface area contributed by atoms with Crippen molar-refractivity contribution >= 4 is 46.2 Å². The molecule has 5 heteroatoms. The molecule has 0 heterocycles. The first-order valence-corrected chi connectivity index (χ1v) is 6.32. The fraction of sp³-hybridized carbons (Fsp3) is 0.0769. The van der Waals surface area contributed by atoms with E-state index in [1.54, 1.807) is 24.3 Å². The minimum absolute atomic E-state index is 0.454. The SMILES string of the molecule is Cc1ccc(N=Nc2ccc(Cl)c(Cl)c2)cc1Cl. The van der Waals surface area contributed by atoms with Crippen LogP contribution < -0.4 is 0 Å². The van der Waals surface area contributed by atoms with Crippen LogP contribution in [-0.4, -0.2) is 0 Å². The van der Waals surface area contributed by atoms with E-state index in [0.717, 1.165) is 5.56 Å². The van der Waals surface area contributed by atoms with Crippen molar-refractivity contribution in [2.75, 3.05) is 0 Å². The molecule has 0 aliphatic heterocycles. The second kappa shape index (κ2) is 5.70. The molecule has 0 aliphatic carbocycles. The van der Waals surface area contributed by atoms with Crippen molar-refractivity contribution in [3.63, 3.8) is 0 Å². The van der Waals surface area contributed by atoms with Crippen molar-refractivity contribution in [2.45, 2.75) is 6.92 Å². The lowest BCUT2D eigenvalue weighted by molar-refractivity contribution is 1.23. The van der Waals surface area contributed by atoms with Gasteiger partial charge in [-0.15, -0.1) is 0 Å². The van der Waals surface area contributed by atoms with E-state index in [9.17, 15) is 0 Å². The number of hydrogen-bond donors (Lipinski definition) is 0. The van der Waals surface area contributed by atoms with E-state index in [-0.39, 0.29) is 0 Å². The Morgan fingerprint density at radius 3 is 1.83 bits per heavy atom. The van der Waals surface area contributed by atoms with Gasteiger partial charge in [-0.1, -0.05) is 40.9 Å². The highest BCUT2D eigenvalue weighted by Gasteiger charge is 1.99. The van der Waals surface area contributed by atoms with Gasteiger partial charge in [0, 0.05) is 5.02 Å². The third-order valence-electron chi connectivity index (χ3n) is 2.34. The lowest BCUT2D eigenvalue weighted by Gasteiger charge is -1.99. The number of hydrogen-bond acceptors (Lipinski definition) is 2. The maximum absolute atomic E-state index is 6.00. The predicted octanol–water partition coefficient (Wildman–Crippen LogP) is 6.37. The summed E-state index contributed by atoms with van der Waals surface area (Å²) >= 11 is 17.7. The summed E-state index contributed by atoms with van der Waals surface area (Å²) in [6, 6.07) is 10.6. The normalized spacial score (nSPS) is 11.1. The van der Waals surface area contributed by atoms with Gasteiger partial charge in [-0.05, 0) is 42.8 Å². The first-order chi connectivity index (χ1) is 8.56. The number of nitrogens with zero attached hydrogens (tertiary/aromatic N) is 2. The molecule has 18 heavy (non-hydrogen) atoms. The molecule has 2 aromatic rings. The Labute approximate surface area is 120 Å². The third-order valence-corrected chi connectivity index (χ3v) is 3.49. The second-order valence-electron chi connectivity index (χ2n) is 3.73. The van der Waals surface area contributed by atoms with Gasteiger partial charge in [0.2, 0.25) is 0 Å². The van der Waals surface area contributed by atoms with Crippen molar-refractivity contribution in [1.29, 1.82) is 0 Å². The number of halogens is 3. The van der Waals surface area contributed by atoms with Crippen molar-refractivity contribution in [3.8, 4) is 0 Å². The molecule has 0 unspecified atom stereocenters. The van der Waals surface area contributed by atoms with Crippen LogP contribution in [0.5, 0.6) is 0 Å². The number of rotatable bonds is 2. The molecule has 0 fully saturated rings. The summed E-state index contributed by atoms with van der Waals surface area (Å²) in [5.74, 6) is 0. The minimum atomic E-state index is 0.454. The average Bonchev–Trinajstić information content (AvgIpc) is 2.35. The Hall–Kier alpha value is -1.09. The lowest BCUT2D eigenvalue weighted by Crippen LogP contribution is -1.73. The van der Waals surface area contributed by atoms with E-state index in [1.165, 1.54) is 0 Å². The Bertz CT molecular complexity index is 556. The molecule has 2 aromatic carbocycles. The van der Waals surface area contributed by atoms with Gasteiger partial charge in [0.15, 0.2) is 0 Å². The monoisotopic (exact) mass is 298 g/mol. The van der Waals surface area contributed by atoms with Gasteiger partial charge in [0.25, 0.3) is 0 Å². The highest BCUT2D eigenvalue weighted by Crippen LogP contribution is 2.28. The summed E-state index contributed by atoms with van der Waals surface area (Å²) in [6.07, 6.45) is 0. The smallest absolute Gasteiger partial charge is 0.0872 e. The van der Waals surface area contributed by atoms with Crippen molar-refractivity contribution in [1.82, 2.24) is 0 Å². The van der Waals surface area contributed by atoms with Crippen molar-refractivity contribution in [3.05, 3.63) is 57.0 Å². The molecule has 0 amide bonds. The van der Waals surface area contributed by atoms with Crippen LogP contribution >= 0.6 is 34.8 Å². The van der Waals surface area contributed by atoms with Gasteiger partial charge in [-0.2, -0.15) is 10.2 Å². The Morgan fingerprint density at radius 2 is 1.28 bits per heavy atom. The summed E-state index contributed by atoms with van der Waals surface area (Å²) < 4.78 is 0. The molecule has 2 nitrogen and oxygen atoms in total. The molecule has 0 aromatic heterocycles. The Kier molecular flexibility index (Phi) is 4.23. The minimum Gasteiger partial charge on any atom is -0.151 e. The lowest BCUT2D eigenvalue weighted by atomic mass is 10.2. The van der Waals surface area contributed by atoms with Crippen LogP contribution in [0.3, 0.4) is 0 Å². The van der Waals surface area contributed by atoms with Crippen LogP contribution in [-0.2, 0) is 0 Å². The number of benzene rings is 2. The van der Waals surface area contributed by atoms with Crippen LogP contribution in [0.2, 0.25) is 15.1 Å². The van der Waals surface area contributed by atoms with E-state index in [4.69, 9.17) is 34.8 Å². The molecule has 0 aliphatic rings. The van der Waals surface area contributed by atoms with Gasteiger partial charge >= 0.3 is 0 Å². The Balaban J connectivity index is 2.24. The first-order valence-electron chi connectivity index (χ1n) is 5.19. The van der Waals surface area contributed by atoms with E-state index in [0.29, 0.717) is 26.4 Å². The molecule has 0 N–H and O–H groups in total. The molecule has 0 spiro atoms. The largest absolute Gasteiger partial charge is 0.151 e. The van der Waals surface area contributed by atoms with Gasteiger partial charge < -0.3 is 0 Å². The molecule has 2 rings (SSSR count). The van der Waals surface area contributed by atoms with E-state index in [2.05, 4.69) is 10.2 Å². The van der Waals surface area contributed by atoms with Crippen LogP contribution in [0.25, 0.3) is 0 Å². The van der Waals surface area contributed by atoms with Crippen LogP contribution in [0.15, 0.2) is 46.6 Å². The molecule has 0 atom stereocenters. The fourth-order valence-corrected chi connectivity index (χ4v) is 1.77. The van der Waals surface area contributed by atoms with Crippen LogP contribution in [0.4, 0.5) is 11.4 Å². The van der Waals surface area contributed by atoms with E-state index >= 15 is 0 Å². The van der Waals surface area contributed by atoms with E-state index < -0.39 is 0 Å². The topological polar surface area (TPSA) is 24.7 Å². The van der Waals surface area contributed by atoms with Gasteiger partial charge in [0.05, 0.1) is 21.4 Å². The van der Waals surface area contributed by atoms with Gasteiger partial charge in [0.1, 0.15) is 0 Å². The van der Waals surface area contributed by atoms with Crippen molar-refractivity contribution < 1.29 is 0 Å². The zero-order valence-electron chi connectivity index (χ0n) is 9.49. The van der Waals surface area contributed by atoms with Crippen LogP contribution in [0.1, 0.15) is 5.56 Å². The Morgan fingerprint density at radius 1 is 0.722 bits per heavy atom. The summed E-state index contributed by atoms with van der Waals surface area (Å²) in [5.41, 5.74) is 2.34. The summed E-state index contributed by atoms with van der Waals surface area (Å²) in [5, 5.41) is 9.78. The second-order valence-corrected chi connectivity index (χ2v) is 4.95. The third kappa shape index (κ3) is 3.22. The average molecular weight is 300 g/mol. The predicted molar refractivity (Wildman–Crippen MR) is 76.8 cm³/mol. The maximum Gasteiger partial charge on any atom is 0.0872 e. The van der Waals surface area contributed by atoms with Gasteiger partial charge in [-0.25, -0.2) is 0 Å². The van der Waals surface area contributed by atoms with Crippen molar-refractivity contribution in [2.24, 2.45) is 10.2 Å². The molecule has 0 saturated heterocycles. The zero-order valence-corrected chi connectivity index (χ0v) is 11.8. The molecule has 0 bridgehead atoms. The first kappa shape index (κ1) is 13.3. The summed E-state index contributed by atoms with van der Waals surface area (Å²) in [6.45, 7) is 1.93. The number of aryl methyl sites for hydroxylation is 1. The highest BCUT2D eigenvalue weighted by molar-refractivity contribution is 6.42.